The van der Waals surface area contributed by atoms with Crippen molar-refractivity contribution in [1.82, 2.24) is 10.4 Å². The van der Waals surface area contributed by atoms with Gasteiger partial charge in [0.25, 0.3) is 15.9 Å². The summed E-state index contributed by atoms with van der Waals surface area (Å²) in [6.07, 6.45) is 4.67. The molecule has 0 saturated heterocycles. The number of aromatic nitrogens is 1. The van der Waals surface area contributed by atoms with Crippen molar-refractivity contribution in [3.05, 3.63) is 89.7 Å². The fourth-order valence-electron chi connectivity index (χ4n) is 2.73. The molecule has 2 aromatic carbocycles. The molecule has 0 atom stereocenters. The van der Waals surface area contributed by atoms with Crippen LogP contribution in [0.25, 0.3) is 0 Å². The fraction of sp³-hybridized carbons (Fsp3) is 0.136. The van der Waals surface area contributed by atoms with E-state index >= 15 is 0 Å². The number of hydrogen-bond donors (Lipinski definition) is 1. The lowest BCUT2D eigenvalue weighted by atomic mass is 10.2. The Labute approximate surface area is 176 Å². The molecule has 0 saturated carbocycles. The molecule has 0 aliphatic carbocycles. The van der Waals surface area contributed by atoms with Gasteiger partial charge < -0.3 is 0 Å². The van der Waals surface area contributed by atoms with E-state index in [1.54, 1.807) is 54.9 Å². The van der Waals surface area contributed by atoms with E-state index in [9.17, 15) is 13.2 Å². The molecule has 0 aliphatic heterocycles. The molecule has 154 valence electrons. The Kier molecular flexibility index (Phi) is 6.58. The van der Waals surface area contributed by atoms with Crippen molar-refractivity contribution >= 4 is 27.8 Å². The largest absolute Gasteiger partial charge is 0.271 e. The Balaban J connectivity index is 1.85. The fourth-order valence-corrected chi connectivity index (χ4v) is 4.15. The molecular formula is C22H22N4O3S. The third-order valence-electron chi connectivity index (χ3n) is 4.27. The van der Waals surface area contributed by atoms with Crippen molar-refractivity contribution in [2.45, 2.75) is 18.7 Å². The zero-order valence-electron chi connectivity index (χ0n) is 16.7. The number of nitrogens with zero attached hydrogens (tertiary/aromatic N) is 3. The molecule has 1 aromatic heterocycles. The zero-order valence-corrected chi connectivity index (χ0v) is 17.5. The van der Waals surface area contributed by atoms with E-state index in [-0.39, 0.29) is 4.90 Å². The molecule has 0 aliphatic rings. The van der Waals surface area contributed by atoms with Gasteiger partial charge >= 0.3 is 0 Å². The third kappa shape index (κ3) is 5.30. The van der Waals surface area contributed by atoms with E-state index in [4.69, 9.17) is 0 Å². The Hall–Kier alpha value is -3.52. The number of hydrazone groups is 1. The van der Waals surface area contributed by atoms with E-state index < -0.39 is 22.5 Å². The van der Waals surface area contributed by atoms with Crippen molar-refractivity contribution in [2.75, 3.05) is 10.8 Å². The molecule has 7 nitrogen and oxygen atoms in total. The van der Waals surface area contributed by atoms with Gasteiger partial charge in [0.1, 0.15) is 6.54 Å². The molecule has 3 rings (SSSR count). The first-order valence-corrected chi connectivity index (χ1v) is 10.7. The zero-order chi connectivity index (χ0) is 21.6. The number of benzene rings is 2. The number of carbonyl (C=O) groups is 1. The minimum absolute atomic E-state index is 0.112. The van der Waals surface area contributed by atoms with E-state index in [1.807, 2.05) is 19.9 Å². The maximum atomic E-state index is 13.3. The smallest absolute Gasteiger partial charge is 0.264 e. The van der Waals surface area contributed by atoms with Crippen LogP contribution in [0.1, 0.15) is 16.7 Å². The third-order valence-corrected chi connectivity index (χ3v) is 6.06. The lowest BCUT2D eigenvalue weighted by Gasteiger charge is -2.24. The van der Waals surface area contributed by atoms with Crippen LogP contribution in [-0.2, 0) is 14.8 Å². The Morgan fingerprint density at radius 2 is 1.83 bits per heavy atom. The lowest BCUT2D eigenvalue weighted by molar-refractivity contribution is -0.119. The van der Waals surface area contributed by atoms with Crippen LogP contribution in [0.3, 0.4) is 0 Å². The van der Waals surface area contributed by atoms with Crippen LogP contribution in [-0.4, -0.2) is 32.1 Å². The standard InChI is InChI=1S/C22H22N4O3S/c1-17-8-10-21(11-9-17)30(28,29)26(20-7-3-5-18(2)13-20)16-22(27)25-24-15-19-6-4-12-23-14-19/h3-15H,16H2,1-2H3,(H,25,27)/b24-15+. The van der Waals surface area contributed by atoms with Crippen molar-refractivity contribution < 1.29 is 13.2 Å². The summed E-state index contributed by atoms with van der Waals surface area (Å²) in [4.78, 5) is 16.6. The van der Waals surface area contributed by atoms with Crippen LogP contribution in [0.4, 0.5) is 5.69 Å². The van der Waals surface area contributed by atoms with Crippen LogP contribution in [0.5, 0.6) is 0 Å². The summed E-state index contributed by atoms with van der Waals surface area (Å²) in [5.74, 6) is -0.563. The number of aryl methyl sites for hydroxylation is 2. The van der Waals surface area contributed by atoms with E-state index in [2.05, 4.69) is 15.5 Å². The molecule has 1 heterocycles. The summed E-state index contributed by atoms with van der Waals surface area (Å²) >= 11 is 0. The van der Waals surface area contributed by atoms with Crippen LogP contribution < -0.4 is 9.73 Å². The molecule has 1 N–H and O–H groups in total. The number of amides is 1. The predicted octanol–water partition coefficient (Wildman–Crippen LogP) is 3.04. The number of sulfonamides is 1. The molecule has 30 heavy (non-hydrogen) atoms. The van der Waals surface area contributed by atoms with Crippen molar-refractivity contribution in [1.29, 1.82) is 0 Å². The summed E-state index contributed by atoms with van der Waals surface area (Å²) in [6, 6.07) is 17.0. The summed E-state index contributed by atoms with van der Waals surface area (Å²) in [5.41, 5.74) is 5.31. The Bertz CT molecular complexity index is 1140. The first-order valence-electron chi connectivity index (χ1n) is 9.24. The normalized spacial score (nSPS) is 11.4. The second kappa shape index (κ2) is 9.32. The average Bonchev–Trinajstić information content (AvgIpc) is 2.73. The SMILES string of the molecule is Cc1ccc(S(=O)(=O)N(CC(=O)N/N=C/c2cccnc2)c2cccc(C)c2)cc1. The number of carbonyl (C=O) groups excluding carboxylic acids is 1. The van der Waals surface area contributed by atoms with Crippen LogP contribution >= 0.6 is 0 Å². The number of rotatable bonds is 7. The van der Waals surface area contributed by atoms with Crippen LogP contribution in [0.15, 0.2) is 83.1 Å². The number of nitrogens with one attached hydrogen (secondary N) is 1. The average molecular weight is 423 g/mol. The van der Waals surface area contributed by atoms with Gasteiger partial charge in [-0.25, -0.2) is 13.8 Å². The van der Waals surface area contributed by atoms with Gasteiger partial charge in [0.05, 0.1) is 16.8 Å². The molecule has 0 unspecified atom stereocenters. The Morgan fingerprint density at radius 1 is 1.07 bits per heavy atom. The molecular weight excluding hydrogens is 400 g/mol. The minimum atomic E-state index is -3.95. The van der Waals surface area contributed by atoms with Gasteiger partial charge in [-0.2, -0.15) is 5.10 Å². The topological polar surface area (TPSA) is 91.7 Å². The summed E-state index contributed by atoms with van der Waals surface area (Å²) in [7, 11) is -3.95. The molecule has 0 bridgehead atoms. The summed E-state index contributed by atoms with van der Waals surface area (Å²) in [6.45, 7) is 3.32. The molecule has 0 spiro atoms. The van der Waals surface area contributed by atoms with Crippen molar-refractivity contribution in [3.63, 3.8) is 0 Å². The first-order chi connectivity index (χ1) is 14.4. The predicted molar refractivity (Wildman–Crippen MR) is 117 cm³/mol. The highest BCUT2D eigenvalue weighted by Crippen LogP contribution is 2.24. The van der Waals surface area contributed by atoms with Gasteiger partial charge in [0, 0.05) is 18.0 Å². The molecule has 0 radical (unpaired) electrons. The monoisotopic (exact) mass is 422 g/mol. The summed E-state index contributed by atoms with van der Waals surface area (Å²) in [5, 5.41) is 3.89. The van der Waals surface area contributed by atoms with Gasteiger partial charge in [-0.15, -0.1) is 0 Å². The van der Waals surface area contributed by atoms with Crippen LogP contribution in [0, 0.1) is 13.8 Å². The van der Waals surface area contributed by atoms with Gasteiger partial charge in [-0.05, 0) is 49.7 Å². The molecule has 3 aromatic rings. The number of anilines is 1. The molecule has 1 amide bonds. The number of hydrogen-bond acceptors (Lipinski definition) is 5. The minimum Gasteiger partial charge on any atom is -0.271 e. The second-order valence-electron chi connectivity index (χ2n) is 6.74. The van der Waals surface area contributed by atoms with Gasteiger partial charge in [0.15, 0.2) is 0 Å². The summed E-state index contributed by atoms with van der Waals surface area (Å²) < 4.78 is 27.7. The molecule has 8 heteroatoms. The van der Waals surface area contributed by atoms with Gasteiger partial charge in [-0.3, -0.25) is 14.1 Å². The number of pyridine rings is 1. The quantitative estimate of drug-likeness (QED) is 0.468. The van der Waals surface area contributed by atoms with Gasteiger partial charge in [0.2, 0.25) is 0 Å². The highest BCUT2D eigenvalue weighted by Gasteiger charge is 2.27. The Morgan fingerprint density at radius 3 is 2.50 bits per heavy atom. The van der Waals surface area contributed by atoms with Crippen LogP contribution in [0.2, 0.25) is 0 Å². The maximum absolute atomic E-state index is 13.3. The molecule has 0 fully saturated rings. The highest BCUT2D eigenvalue weighted by molar-refractivity contribution is 7.92. The van der Waals surface area contributed by atoms with E-state index in [0.717, 1.165) is 15.4 Å². The van der Waals surface area contributed by atoms with Crippen molar-refractivity contribution in [2.24, 2.45) is 5.10 Å². The van der Waals surface area contributed by atoms with E-state index in [1.165, 1.54) is 18.3 Å². The highest BCUT2D eigenvalue weighted by atomic mass is 32.2. The maximum Gasteiger partial charge on any atom is 0.264 e. The first kappa shape index (κ1) is 21.2. The lowest BCUT2D eigenvalue weighted by Crippen LogP contribution is -2.39. The van der Waals surface area contributed by atoms with E-state index in [0.29, 0.717) is 11.3 Å². The van der Waals surface area contributed by atoms with Gasteiger partial charge in [-0.1, -0.05) is 35.9 Å². The van der Waals surface area contributed by atoms with Crippen molar-refractivity contribution in [3.8, 4) is 0 Å². The second-order valence-corrected chi connectivity index (χ2v) is 8.61.